The third-order valence-electron chi connectivity index (χ3n) is 3.99. The lowest BCUT2D eigenvalue weighted by atomic mass is 9.98. The lowest BCUT2D eigenvalue weighted by molar-refractivity contribution is -0.130. The van der Waals surface area contributed by atoms with E-state index in [1.165, 1.54) is 4.90 Å². The standard InChI is InChI=1S/C14H18N2O3S/c17-12-14(5-1-2-6-14)15-13(18)16(12)7-9-20-10-11-4-3-8-19-11/h3-4,8H,1-2,5-7,9-10H2,(H,15,18). The van der Waals surface area contributed by atoms with Crippen molar-refractivity contribution in [3.8, 4) is 0 Å². The number of amides is 3. The molecule has 6 heteroatoms. The molecule has 1 N–H and O–H groups in total. The van der Waals surface area contributed by atoms with E-state index in [1.807, 2.05) is 12.1 Å². The number of thioether (sulfide) groups is 1. The Morgan fingerprint density at radius 3 is 2.85 bits per heavy atom. The van der Waals surface area contributed by atoms with Crippen LogP contribution in [0.3, 0.4) is 0 Å². The Morgan fingerprint density at radius 2 is 2.15 bits per heavy atom. The van der Waals surface area contributed by atoms with Crippen LogP contribution in [0.5, 0.6) is 0 Å². The largest absolute Gasteiger partial charge is 0.468 e. The van der Waals surface area contributed by atoms with Gasteiger partial charge in [-0.15, -0.1) is 0 Å². The first-order valence-corrected chi connectivity index (χ1v) is 8.11. The molecule has 1 aromatic heterocycles. The molecule has 5 nitrogen and oxygen atoms in total. The first kappa shape index (κ1) is 13.5. The Hall–Kier alpha value is -1.43. The molecular formula is C14H18N2O3S. The highest BCUT2D eigenvalue weighted by molar-refractivity contribution is 7.98. The van der Waals surface area contributed by atoms with Gasteiger partial charge in [-0.25, -0.2) is 4.79 Å². The molecule has 0 radical (unpaired) electrons. The van der Waals surface area contributed by atoms with Crippen LogP contribution in [0.1, 0.15) is 31.4 Å². The minimum Gasteiger partial charge on any atom is -0.468 e. The quantitative estimate of drug-likeness (QED) is 0.669. The molecule has 2 heterocycles. The van der Waals surface area contributed by atoms with Crippen molar-refractivity contribution in [3.05, 3.63) is 24.2 Å². The monoisotopic (exact) mass is 294 g/mol. The SMILES string of the molecule is O=C1NC2(CCCC2)C(=O)N1CCSCc1ccco1. The molecule has 3 rings (SSSR count). The van der Waals surface area contributed by atoms with Crippen molar-refractivity contribution in [1.29, 1.82) is 0 Å². The van der Waals surface area contributed by atoms with Crippen LogP contribution in [0.15, 0.2) is 22.8 Å². The summed E-state index contributed by atoms with van der Waals surface area (Å²) in [5.74, 6) is 2.38. The highest BCUT2D eigenvalue weighted by Gasteiger charge is 2.51. The molecule has 2 aliphatic rings. The van der Waals surface area contributed by atoms with E-state index in [4.69, 9.17) is 4.42 Å². The smallest absolute Gasteiger partial charge is 0.325 e. The summed E-state index contributed by atoms with van der Waals surface area (Å²) >= 11 is 1.67. The summed E-state index contributed by atoms with van der Waals surface area (Å²) < 4.78 is 5.24. The predicted octanol–water partition coefficient (Wildman–Crippen LogP) is 2.38. The van der Waals surface area contributed by atoms with E-state index in [9.17, 15) is 9.59 Å². The Kier molecular flexibility index (Phi) is 3.74. The van der Waals surface area contributed by atoms with Crippen molar-refractivity contribution in [2.24, 2.45) is 0 Å². The van der Waals surface area contributed by atoms with Gasteiger partial charge in [0.25, 0.3) is 5.91 Å². The third kappa shape index (κ3) is 2.44. The van der Waals surface area contributed by atoms with E-state index in [-0.39, 0.29) is 11.9 Å². The zero-order valence-electron chi connectivity index (χ0n) is 11.3. The first-order chi connectivity index (χ1) is 9.71. The van der Waals surface area contributed by atoms with Crippen LogP contribution in [0.4, 0.5) is 4.79 Å². The van der Waals surface area contributed by atoms with Gasteiger partial charge in [0.2, 0.25) is 0 Å². The summed E-state index contributed by atoms with van der Waals surface area (Å²) in [6.45, 7) is 0.470. The average Bonchev–Trinajstić information content (AvgIpc) is 3.13. The van der Waals surface area contributed by atoms with Crippen LogP contribution in [0.25, 0.3) is 0 Å². The minimum atomic E-state index is -0.581. The van der Waals surface area contributed by atoms with Gasteiger partial charge >= 0.3 is 6.03 Å². The molecule has 1 aromatic rings. The van der Waals surface area contributed by atoms with Crippen LogP contribution in [0.2, 0.25) is 0 Å². The Bertz CT molecular complexity index is 495. The van der Waals surface area contributed by atoms with Crippen LogP contribution in [-0.2, 0) is 10.5 Å². The Morgan fingerprint density at radius 1 is 1.35 bits per heavy atom. The minimum absolute atomic E-state index is 0.0291. The molecule has 1 aliphatic carbocycles. The van der Waals surface area contributed by atoms with Crippen LogP contribution >= 0.6 is 11.8 Å². The fourth-order valence-electron chi connectivity index (χ4n) is 2.92. The number of carbonyl (C=O) groups is 2. The fourth-order valence-corrected chi connectivity index (χ4v) is 3.74. The van der Waals surface area contributed by atoms with Crippen molar-refractivity contribution in [3.63, 3.8) is 0 Å². The maximum atomic E-state index is 12.4. The Labute approximate surface area is 122 Å². The summed E-state index contributed by atoms with van der Waals surface area (Å²) in [6, 6.07) is 3.56. The maximum Gasteiger partial charge on any atom is 0.325 e. The second-order valence-electron chi connectivity index (χ2n) is 5.31. The van der Waals surface area contributed by atoms with Crippen LogP contribution < -0.4 is 5.32 Å². The van der Waals surface area contributed by atoms with E-state index in [0.29, 0.717) is 6.54 Å². The Balaban J connectivity index is 1.50. The number of imide groups is 1. The zero-order chi connectivity index (χ0) is 14.0. The lowest BCUT2D eigenvalue weighted by Crippen LogP contribution is -2.44. The molecule has 0 bridgehead atoms. The number of hydrogen-bond acceptors (Lipinski definition) is 4. The molecule has 1 saturated carbocycles. The highest BCUT2D eigenvalue weighted by Crippen LogP contribution is 2.35. The van der Waals surface area contributed by atoms with E-state index in [2.05, 4.69) is 5.32 Å². The number of nitrogens with one attached hydrogen (secondary N) is 1. The molecule has 1 saturated heterocycles. The highest BCUT2D eigenvalue weighted by atomic mass is 32.2. The lowest BCUT2D eigenvalue weighted by Gasteiger charge is -2.19. The van der Waals surface area contributed by atoms with Gasteiger partial charge in [0.05, 0.1) is 12.0 Å². The molecule has 0 unspecified atom stereocenters. The van der Waals surface area contributed by atoms with Gasteiger partial charge in [0, 0.05) is 12.3 Å². The van der Waals surface area contributed by atoms with E-state index >= 15 is 0 Å². The summed E-state index contributed by atoms with van der Waals surface area (Å²) in [5, 5.41) is 2.89. The summed E-state index contributed by atoms with van der Waals surface area (Å²) in [5.41, 5.74) is -0.581. The number of rotatable bonds is 5. The molecule has 20 heavy (non-hydrogen) atoms. The van der Waals surface area contributed by atoms with Gasteiger partial charge in [0.15, 0.2) is 0 Å². The number of nitrogens with zero attached hydrogens (tertiary/aromatic N) is 1. The molecule has 108 valence electrons. The second kappa shape index (κ2) is 5.52. The second-order valence-corrected chi connectivity index (χ2v) is 6.41. The van der Waals surface area contributed by atoms with E-state index in [1.54, 1.807) is 18.0 Å². The maximum absolute atomic E-state index is 12.4. The van der Waals surface area contributed by atoms with E-state index < -0.39 is 5.54 Å². The number of furan rings is 1. The summed E-state index contributed by atoms with van der Waals surface area (Å²) in [4.78, 5) is 25.7. The molecule has 1 aliphatic heterocycles. The van der Waals surface area contributed by atoms with Crippen molar-refractivity contribution in [1.82, 2.24) is 10.2 Å². The molecule has 3 amide bonds. The van der Waals surface area contributed by atoms with Crippen LogP contribution in [-0.4, -0.2) is 34.7 Å². The molecule has 0 aromatic carbocycles. The van der Waals surface area contributed by atoms with Crippen molar-refractivity contribution < 1.29 is 14.0 Å². The van der Waals surface area contributed by atoms with Gasteiger partial charge in [-0.1, -0.05) is 12.8 Å². The predicted molar refractivity (Wildman–Crippen MR) is 76.3 cm³/mol. The van der Waals surface area contributed by atoms with Crippen molar-refractivity contribution >= 4 is 23.7 Å². The van der Waals surface area contributed by atoms with Gasteiger partial charge in [-0.05, 0) is 25.0 Å². The van der Waals surface area contributed by atoms with Gasteiger partial charge in [-0.3, -0.25) is 9.69 Å². The molecule has 1 spiro atoms. The third-order valence-corrected chi connectivity index (χ3v) is 4.95. The normalized spacial score (nSPS) is 20.9. The van der Waals surface area contributed by atoms with Gasteiger partial charge in [-0.2, -0.15) is 11.8 Å². The molecule has 0 atom stereocenters. The van der Waals surface area contributed by atoms with E-state index in [0.717, 1.165) is 42.9 Å². The summed E-state index contributed by atoms with van der Waals surface area (Å²) in [7, 11) is 0. The molecule has 2 fully saturated rings. The zero-order valence-corrected chi connectivity index (χ0v) is 12.1. The number of hydrogen-bond donors (Lipinski definition) is 1. The number of urea groups is 1. The van der Waals surface area contributed by atoms with Crippen molar-refractivity contribution in [2.75, 3.05) is 12.3 Å². The van der Waals surface area contributed by atoms with Gasteiger partial charge < -0.3 is 9.73 Å². The fraction of sp³-hybridized carbons (Fsp3) is 0.571. The summed E-state index contributed by atoms with van der Waals surface area (Å²) in [6.07, 6.45) is 5.26. The number of carbonyl (C=O) groups excluding carboxylic acids is 2. The molecular weight excluding hydrogens is 276 g/mol. The first-order valence-electron chi connectivity index (χ1n) is 6.95. The topological polar surface area (TPSA) is 62.6 Å². The van der Waals surface area contributed by atoms with Crippen molar-refractivity contribution in [2.45, 2.75) is 37.0 Å². The average molecular weight is 294 g/mol. The van der Waals surface area contributed by atoms with Gasteiger partial charge in [0.1, 0.15) is 11.3 Å². The van der Waals surface area contributed by atoms with Crippen LogP contribution in [0, 0.1) is 0 Å².